The average Bonchev–Trinajstić information content (AvgIpc) is 3.11. The molecule has 1 fully saturated rings. The molecule has 1 aromatic heterocycles. The van der Waals surface area contributed by atoms with Gasteiger partial charge in [0.25, 0.3) is 0 Å². The van der Waals surface area contributed by atoms with Gasteiger partial charge in [0.15, 0.2) is 11.4 Å². The van der Waals surface area contributed by atoms with Gasteiger partial charge >= 0.3 is 0 Å². The van der Waals surface area contributed by atoms with Crippen LogP contribution in [-0.4, -0.2) is 10.9 Å². The van der Waals surface area contributed by atoms with E-state index in [1.54, 1.807) is 13.0 Å². The number of Topliss-reactive ketones (excluding diaryl/α,β-unsaturated/α-hetero) is 1. The molecule has 1 aromatic carbocycles. The van der Waals surface area contributed by atoms with Gasteiger partial charge in [0.2, 0.25) is 0 Å². The maximum absolute atomic E-state index is 11.3. The van der Waals surface area contributed by atoms with E-state index in [0.717, 1.165) is 22.2 Å². The number of carbonyl (C=O) groups is 1. The van der Waals surface area contributed by atoms with Gasteiger partial charge in [-0.2, -0.15) is 0 Å². The number of hydrogen-bond donors (Lipinski definition) is 0. The zero-order chi connectivity index (χ0) is 12.4. The fourth-order valence-electron chi connectivity index (χ4n) is 1.83. The standard InChI is InChI=1S/C12H11NO2.C2H6/c1-7(14)9-4-5-11-10(6-9)12(13-15-11)8-2-3-8;1-2/h4-6,8H,2-3H2,1H3;1-2H3. The zero-order valence-corrected chi connectivity index (χ0v) is 10.5. The van der Waals surface area contributed by atoms with Gasteiger partial charge in [0.1, 0.15) is 0 Å². The summed E-state index contributed by atoms with van der Waals surface area (Å²) >= 11 is 0. The van der Waals surface area contributed by atoms with Crippen molar-refractivity contribution in [1.29, 1.82) is 0 Å². The van der Waals surface area contributed by atoms with Crippen LogP contribution in [0, 0.1) is 0 Å². The summed E-state index contributed by atoms with van der Waals surface area (Å²) in [5.74, 6) is 0.633. The largest absolute Gasteiger partial charge is 0.356 e. The fraction of sp³-hybridized carbons (Fsp3) is 0.429. The minimum Gasteiger partial charge on any atom is -0.356 e. The van der Waals surface area contributed by atoms with Crippen LogP contribution in [0.5, 0.6) is 0 Å². The normalized spacial score (nSPS) is 14.3. The van der Waals surface area contributed by atoms with Crippen molar-refractivity contribution < 1.29 is 9.32 Å². The second kappa shape index (κ2) is 4.70. The highest BCUT2D eigenvalue weighted by Crippen LogP contribution is 2.42. The van der Waals surface area contributed by atoms with E-state index in [2.05, 4.69) is 5.16 Å². The molecule has 0 bridgehead atoms. The van der Waals surface area contributed by atoms with Gasteiger partial charge in [-0.05, 0) is 38.0 Å². The number of fused-ring (bicyclic) bond motifs is 1. The average molecular weight is 231 g/mol. The Balaban J connectivity index is 0.000000514. The zero-order valence-electron chi connectivity index (χ0n) is 10.5. The molecule has 0 atom stereocenters. The molecule has 3 nitrogen and oxygen atoms in total. The van der Waals surface area contributed by atoms with Crippen molar-refractivity contribution in [3.63, 3.8) is 0 Å². The molecule has 0 unspecified atom stereocenters. The summed E-state index contributed by atoms with van der Waals surface area (Å²) in [4.78, 5) is 11.3. The van der Waals surface area contributed by atoms with E-state index in [9.17, 15) is 4.79 Å². The van der Waals surface area contributed by atoms with Crippen molar-refractivity contribution in [3.05, 3.63) is 29.5 Å². The van der Waals surface area contributed by atoms with Gasteiger partial charge < -0.3 is 4.52 Å². The first-order valence-corrected chi connectivity index (χ1v) is 6.16. The third kappa shape index (κ3) is 2.23. The maximum Gasteiger partial charge on any atom is 0.167 e. The Morgan fingerprint density at radius 1 is 1.35 bits per heavy atom. The quantitative estimate of drug-likeness (QED) is 0.735. The van der Waals surface area contributed by atoms with Crippen LogP contribution in [-0.2, 0) is 0 Å². The fourth-order valence-corrected chi connectivity index (χ4v) is 1.83. The Morgan fingerprint density at radius 3 is 2.65 bits per heavy atom. The molecule has 1 aliphatic carbocycles. The lowest BCUT2D eigenvalue weighted by atomic mass is 10.1. The van der Waals surface area contributed by atoms with Gasteiger partial charge in [0.05, 0.1) is 5.69 Å². The molecule has 17 heavy (non-hydrogen) atoms. The monoisotopic (exact) mass is 231 g/mol. The van der Waals surface area contributed by atoms with Crippen LogP contribution in [0.2, 0.25) is 0 Å². The molecule has 0 saturated heterocycles. The van der Waals surface area contributed by atoms with E-state index >= 15 is 0 Å². The van der Waals surface area contributed by atoms with Gasteiger partial charge in [-0.15, -0.1) is 0 Å². The van der Waals surface area contributed by atoms with E-state index in [1.807, 2.05) is 26.0 Å². The first-order chi connectivity index (χ1) is 8.25. The van der Waals surface area contributed by atoms with Crippen molar-refractivity contribution in [2.24, 2.45) is 0 Å². The second-order valence-corrected chi connectivity index (χ2v) is 4.11. The summed E-state index contributed by atoms with van der Waals surface area (Å²) in [5.41, 5.74) is 2.53. The van der Waals surface area contributed by atoms with Crippen LogP contribution < -0.4 is 0 Å². The lowest BCUT2D eigenvalue weighted by Crippen LogP contribution is -1.90. The summed E-state index contributed by atoms with van der Waals surface area (Å²) < 4.78 is 5.22. The highest BCUT2D eigenvalue weighted by molar-refractivity contribution is 5.98. The Bertz CT molecular complexity index is 538. The third-order valence-electron chi connectivity index (χ3n) is 2.87. The minimum absolute atomic E-state index is 0.0832. The number of nitrogens with zero attached hydrogens (tertiary/aromatic N) is 1. The molecular weight excluding hydrogens is 214 g/mol. The summed E-state index contributed by atoms with van der Waals surface area (Å²) in [6, 6.07) is 5.50. The molecule has 0 spiro atoms. The molecule has 90 valence electrons. The summed E-state index contributed by atoms with van der Waals surface area (Å²) in [6.07, 6.45) is 2.37. The van der Waals surface area contributed by atoms with Crippen molar-refractivity contribution in [1.82, 2.24) is 5.16 Å². The minimum atomic E-state index is 0.0832. The summed E-state index contributed by atoms with van der Waals surface area (Å²) in [6.45, 7) is 5.57. The van der Waals surface area contributed by atoms with Crippen molar-refractivity contribution in [2.75, 3.05) is 0 Å². The van der Waals surface area contributed by atoms with Crippen LogP contribution >= 0.6 is 0 Å². The number of carbonyl (C=O) groups excluding carboxylic acids is 1. The number of hydrogen-bond acceptors (Lipinski definition) is 3. The smallest absolute Gasteiger partial charge is 0.167 e. The van der Waals surface area contributed by atoms with Crippen molar-refractivity contribution in [2.45, 2.75) is 39.5 Å². The van der Waals surface area contributed by atoms with Crippen LogP contribution in [0.3, 0.4) is 0 Å². The first-order valence-electron chi connectivity index (χ1n) is 6.16. The molecule has 0 radical (unpaired) electrons. The molecule has 2 aromatic rings. The lowest BCUT2D eigenvalue weighted by Gasteiger charge is -1.95. The Kier molecular flexibility index (Phi) is 3.27. The van der Waals surface area contributed by atoms with E-state index in [0.29, 0.717) is 5.92 Å². The second-order valence-electron chi connectivity index (χ2n) is 4.11. The molecule has 0 N–H and O–H groups in total. The van der Waals surface area contributed by atoms with E-state index in [1.165, 1.54) is 12.8 Å². The Hall–Kier alpha value is -1.64. The molecule has 0 amide bonds. The maximum atomic E-state index is 11.3. The first kappa shape index (κ1) is 11.8. The van der Waals surface area contributed by atoms with Crippen LogP contribution in [0.4, 0.5) is 0 Å². The molecule has 3 heteroatoms. The van der Waals surface area contributed by atoms with Gasteiger partial charge in [-0.3, -0.25) is 4.79 Å². The number of aromatic nitrogens is 1. The molecule has 3 rings (SSSR count). The number of rotatable bonds is 2. The third-order valence-corrected chi connectivity index (χ3v) is 2.87. The predicted molar refractivity (Wildman–Crippen MR) is 67.3 cm³/mol. The molecule has 0 aliphatic heterocycles. The van der Waals surface area contributed by atoms with Gasteiger partial charge in [-0.1, -0.05) is 19.0 Å². The Labute approximate surface area is 101 Å². The summed E-state index contributed by atoms with van der Waals surface area (Å²) in [5, 5.41) is 5.08. The van der Waals surface area contributed by atoms with E-state index in [-0.39, 0.29) is 5.78 Å². The lowest BCUT2D eigenvalue weighted by molar-refractivity contribution is 0.101. The molecule has 1 heterocycles. The Morgan fingerprint density at radius 2 is 2.06 bits per heavy atom. The van der Waals surface area contributed by atoms with Crippen LogP contribution in [0.15, 0.2) is 22.7 Å². The van der Waals surface area contributed by atoms with Crippen molar-refractivity contribution in [3.8, 4) is 0 Å². The highest BCUT2D eigenvalue weighted by atomic mass is 16.5. The van der Waals surface area contributed by atoms with Gasteiger partial charge in [0, 0.05) is 16.9 Å². The van der Waals surface area contributed by atoms with E-state index in [4.69, 9.17) is 4.52 Å². The molecule has 1 saturated carbocycles. The molecular formula is C14H17NO2. The number of ketones is 1. The SMILES string of the molecule is CC.CC(=O)c1ccc2onc(C3CC3)c2c1. The topological polar surface area (TPSA) is 43.1 Å². The molecule has 1 aliphatic rings. The van der Waals surface area contributed by atoms with Gasteiger partial charge in [-0.25, -0.2) is 0 Å². The van der Waals surface area contributed by atoms with Crippen LogP contribution in [0.25, 0.3) is 11.0 Å². The van der Waals surface area contributed by atoms with E-state index < -0.39 is 0 Å². The predicted octanol–water partition coefficient (Wildman–Crippen LogP) is 3.93. The highest BCUT2D eigenvalue weighted by Gasteiger charge is 2.29. The number of benzene rings is 1. The van der Waals surface area contributed by atoms with Crippen molar-refractivity contribution >= 4 is 16.8 Å². The summed E-state index contributed by atoms with van der Waals surface area (Å²) in [7, 11) is 0. The van der Waals surface area contributed by atoms with Crippen LogP contribution in [0.1, 0.15) is 55.6 Å².